The first kappa shape index (κ1) is 8.55. The third-order valence-electron chi connectivity index (χ3n) is 1.57. The van der Waals surface area contributed by atoms with Crippen LogP contribution in [0.4, 0.5) is 0 Å². The van der Waals surface area contributed by atoms with Gasteiger partial charge in [0.1, 0.15) is 6.26 Å². The fourth-order valence-corrected chi connectivity index (χ4v) is 2.06. The molecule has 0 unspecified atom stereocenters. The maximum atomic E-state index is 11.1. The van der Waals surface area contributed by atoms with Crippen molar-refractivity contribution in [3.05, 3.63) is 12.8 Å². The smallest absolute Gasteiger partial charge is 0.379 e. The van der Waals surface area contributed by atoms with Crippen molar-refractivity contribution >= 4 is 10.3 Å². The Kier molecular flexibility index (Phi) is 2.51. The predicted molar refractivity (Wildman–Crippen MR) is 41.0 cm³/mol. The van der Waals surface area contributed by atoms with Crippen LogP contribution in [0.15, 0.2) is 12.8 Å². The molecule has 1 aliphatic rings. The third kappa shape index (κ3) is 1.94. The molecule has 0 N–H and O–H groups in total. The van der Waals surface area contributed by atoms with Crippen LogP contribution in [0.1, 0.15) is 12.8 Å². The normalized spacial score (nSPS) is 20.0. The fourth-order valence-electron chi connectivity index (χ4n) is 1.06. The van der Waals surface area contributed by atoms with E-state index in [0.717, 1.165) is 19.1 Å². The van der Waals surface area contributed by atoms with Gasteiger partial charge in [-0.15, -0.1) is 0 Å². The second-order valence-electron chi connectivity index (χ2n) is 2.33. The SMILES string of the molecule is C=COS(=O)(=O)N1CCCC1. The molecule has 0 saturated carbocycles. The van der Waals surface area contributed by atoms with Crippen molar-refractivity contribution in [1.29, 1.82) is 0 Å². The van der Waals surface area contributed by atoms with Gasteiger partial charge in [-0.25, -0.2) is 0 Å². The lowest BCUT2D eigenvalue weighted by atomic mass is 10.4. The van der Waals surface area contributed by atoms with E-state index in [1.54, 1.807) is 0 Å². The highest BCUT2D eigenvalue weighted by molar-refractivity contribution is 7.84. The summed E-state index contributed by atoms with van der Waals surface area (Å²) < 4.78 is 27.8. The van der Waals surface area contributed by atoms with E-state index in [0.29, 0.717) is 13.1 Å². The number of hydrogen-bond acceptors (Lipinski definition) is 3. The second kappa shape index (κ2) is 3.23. The lowest BCUT2D eigenvalue weighted by Crippen LogP contribution is -2.28. The Bertz CT molecular complexity index is 228. The maximum Gasteiger partial charge on any atom is 0.384 e. The van der Waals surface area contributed by atoms with Crippen LogP contribution in [-0.4, -0.2) is 25.8 Å². The maximum absolute atomic E-state index is 11.1. The van der Waals surface area contributed by atoms with Crippen molar-refractivity contribution < 1.29 is 12.6 Å². The van der Waals surface area contributed by atoms with Crippen molar-refractivity contribution in [2.45, 2.75) is 12.8 Å². The van der Waals surface area contributed by atoms with Crippen molar-refractivity contribution in [3.63, 3.8) is 0 Å². The summed E-state index contributed by atoms with van der Waals surface area (Å²) in [6.45, 7) is 4.32. The number of rotatable bonds is 3. The Morgan fingerprint density at radius 1 is 1.36 bits per heavy atom. The molecule has 1 rings (SSSR count). The number of hydrogen-bond donors (Lipinski definition) is 0. The standard InChI is InChI=1S/C6H11NO3S/c1-2-10-11(8,9)7-5-3-4-6-7/h2H,1,3-6H2. The number of nitrogens with zero attached hydrogens (tertiary/aromatic N) is 1. The van der Waals surface area contributed by atoms with Crippen molar-refractivity contribution in [3.8, 4) is 0 Å². The van der Waals surface area contributed by atoms with E-state index in [2.05, 4.69) is 10.8 Å². The first-order valence-corrected chi connectivity index (χ1v) is 4.82. The average Bonchev–Trinajstić information content (AvgIpc) is 2.37. The quantitative estimate of drug-likeness (QED) is 0.589. The molecule has 1 fully saturated rings. The molecule has 11 heavy (non-hydrogen) atoms. The van der Waals surface area contributed by atoms with Crippen molar-refractivity contribution in [2.75, 3.05) is 13.1 Å². The molecule has 64 valence electrons. The van der Waals surface area contributed by atoms with Crippen LogP contribution in [0.3, 0.4) is 0 Å². The van der Waals surface area contributed by atoms with Gasteiger partial charge < -0.3 is 4.18 Å². The van der Waals surface area contributed by atoms with E-state index in [1.165, 1.54) is 4.31 Å². The van der Waals surface area contributed by atoms with Gasteiger partial charge in [-0.05, 0) is 12.8 Å². The van der Waals surface area contributed by atoms with E-state index in [4.69, 9.17) is 0 Å². The zero-order valence-electron chi connectivity index (χ0n) is 6.19. The first-order valence-electron chi connectivity index (χ1n) is 3.46. The molecule has 0 aromatic heterocycles. The highest BCUT2D eigenvalue weighted by Gasteiger charge is 2.25. The van der Waals surface area contributed by atoms with Crippen LogP contribution in [0.5, 0.6) is 0 Å². The molecule has 0 aliphatic carbocycles. The summed E-state index contributed by atoms with van der Waals surface area (Å²) in [6, 6.07) is 0. The summed E-state index contributed by atoms with van der Waals surface area (Å²) in [4.78, 5) is 0. The Balaban J connectivity index is 2.63. The second-order valence-corrected chi connectivity index (χ2v) is 3.89. The van der Waals surface area contributed by atoms with E-state index < -0.39 is 10.3 Å². The highest BCUT2D eigenvalue weighted by Crippen LogP contribution is 2.13. The molecule has 0 bridgehead atoms. The van der Waals surface area contributed by atoms with Crippen LogP contribution in [-0.2, 0) is 14.5 Å². The molecule has 1 heterocycles. The Morgan fingerprint density at radius 3 is 2.36 bits per heavy atom. The fraction of sp³-hybridized carbons (Fsp3) is 0.667. The lowest BCUT2D eigenvalue weighted by molar-refractivity contribution is 0.367. The molecule has 0 spiro atoms. The summed E-state index contributed by atoms with van der Waals surface area (Å²) in [6.07, 6.45) is 2.77. The Labute approximate surface area is 66.7 Å². The predicted octanol–water partition coefficient (Wildman–Crippen LogP) is 0.487. The zero-order chi connectivity index (χ0) is 8.32. The largest absolute Gasteiger partial charge is 0.384 e. The van der Waals surface area contributed by atoms with Gasteiger partial charge in [0.05, 0.1) is 0 Å². The van der Waals surface area contributed by atoms with Gasteiger partial charge in [0, 0.05) is 13.1 Å². The zero-order valence-corrected chi connectivity index (χ0v) is 7.01. The minimum absolute atomic E-state index is 0.566. The molecular weight excluding hydrogens is 166 g/mol. The monoisotopic (exact) mass is 177 g/mol. The van der Waals surface area contributed by atoms with E-state index >= 15 is 0 Å². The molecule has 1 aliphatic heterocycles. The Hall–Kier alpha value is -0.550. The molecule has 0 aromatic rings. The van der Waals surface area contributed by atoms with Crippen LogP contribution in [0, 0.1) is 0 Å². The van der Waals surface area contributed by atoms with Gasteiger partial charge >= 0.3 is 10.3 Å². The molecular formula is C6H11NO3S. The molecule has 0 amide bonds. The van der Waals surface area contributed by atoms with Gasteiger partial charge in [0.15, 0.2) is 0 Å². The molecule has 1 saturated heterocycles. The van der Waals surface area contributed by atoms with E-state index in [-0.39, 0.29) is 0 Å². The summed E-state index contributed by atoms with van der Waals surface area (Å²) in [5.41, 5.74) is 0. The van der Waals surface area contributed by atoms with Gasteiger partial charge in [-0.1, -0.05) is 6.58 Å². The molecule has 5 heteroatoms. The third-order valence-corrected chi connectivity index (χ3v) is 2.95. The average molecular weight is 177 g/mol. The van der Waals surface area contributed by atoms with E-state index in [9.17, 15) is 8.42 Å². The molecule has 4 nitrogen and oxygen atoms in total. The van der Waals surface area contributed by atoms with Crippen LogP contribution < -0.4 is 0 Å². The molecule has 0 atom stereocenters. The van der Waals surface area contributed by atoms with Gasteiger partial charge in [0.25, 0.3) is 0 Å². The molecule has 0 radical (unpaired) electrons. The minimum atomic E-state index is -3.49. The van der Waals surface area contributed by atoms with Crippen LogP contribution in [0.25, 0.3) is 0 Å². The van der Waals surface area contributed by atoms with Gasteiger partial charge in [-0.2, -0.15) is 12.7 Å². The highest BCUT2D eigenvalue weighted by atomic mass is 32.2. The molecule has 0 aromatic carbocycles. The topological polar surface area (TPSA) is 46.6 Å². The summed E-state index contributed by atoms with van der Waals surface area (Å²) in [5.74, 6) is 0. The van der Waals surface area contributed by atoms with Crippen LogP contribution >= 0.6 is 0 Å². The van der Waals surface area contributed by atoms with Gasteiger partial charge in [0.2, 0.25) is 0 Å². The van der Waals surface area contributed by atoms with Crippen molar-refractivity contribution in [2.24, 2.45) is 0 Å². The first-order chi connectivity index (χ1) is 5.17. The summed E-state index contributed by atoms with van der Waals surface area (Å²) >= 11 is 0. The van der Waals surface area contributed by atoms with E-state index in [1.807, 2.05) is 0 Å². The Morgan fingerprint density at radius 2 is 1.91 bits per heavy atom. The minimum Gasteiger partial charge on any atom is -0.379 e. The van der Waals surface area contributed by atoms with Crippen LogP contribution in [0.2, 0.25) is 0 Å². The van der Waals surface area contributed by atoms with Crippen molar-refractivity contribution in [1.82, 2.24) is 4.31 Å². The van der Waals surface area contributed by atoms with Gasteiger partial charge in [-0.3, -0.25) is 0 Å². The summed E-state index contributed by atoms with van der Waals surface area (Å²) in [7, 11) is -3.49. The summed E-state index contributed by atoms with van der Waals surface area (Å²) in [5, 5.41) is 0. The lowest BCUT2D eigenvalue weighted by Gasteiger charge is -2.12.